The van der Waals surface area contributed by atoms with Gasteiger partial charge < -0.3 is 19.9 Å². The Morgan fingerprint density at radius 1 is 1.18 bits per heavy atom. The maximum Gasteiger partial charge on any atom is 0.251 e. The smallest absolute Gasteiger partial charge is 0.251 e. The molecule has 1 N–H and O–H groups in total. The molecular weight excluding hydrogens is 356 g/mol. The number of piperazine rings is 1. The molecule has 8 heteroatoms. The summed E-state index contributed by atoms with van der Waals surface area (Å²) >= 11 is 0. The van der Waals surface area contributed by atoms with Crippen LogP contribution in [0.1, 0.15) is 24.1 Å². The zero-order valence-corrected chi connectivity index (χ0v) is 15.8. The summed E-state index contributed by atoms with van der Waals surface area (Å²) in [5.41, 5.74) is 3.15. The molecule has 3 aliphatic rings. The van der Waals surface area contributed by atoms with Crippen LogP contribution in [-0.4, -0.2) is 64.6 Å². The average Bonchev–Trinajstić information content (AvgIpc) is 3.45. The van der Waals surface area contributed by atoms with Crippen molar-refractivity contribution < 1.29 is 9.53 Å². The van der Waals surface area contributed by atoms with Crippen LogP contribution in [0.15, 0.2) is 24.5 Å². The van der Waals surface area contributed by atoms with Crippen molar-refractivity contribution in [3.05, 3.63) is 35.8 Å². The Balaban J connectivity index is 1.36. The van der Waals surface area contributed by atoms with Crippen LogP contribution in [-0.2, 0) is 22.6 Å². The minimum Gasteiger partial charge on any atom is -0.368 e. The molecule has 146 valence electrons. The third kappa shape index (κ3) is 3.22. The zero-order chi connectivity index (χ0) is 18.9. The van der Waals surface area contributed by atoms with Gasteiger partial charge in [0.25, 0.3) is 5.91 Å². The van der Waals surface area contributed by atoms with Gasteiger partial charge >= 0.3 is 0 Å². The van der Waals surface area contributed by atoms with Crippen molar-refractivity contribution in [2.75, 3.05) is 37.7 Å². The van der Waals surface area contributed by atoms with Gasteiger partial charge in [0.1, 0.15) is 11.9 Å². The molecule has 0 spiro atoms. The first kappa shape index (κ1) is 17.5. The molecule has 0 bridgehead atoms. The van der Waals surface area contributed by atoms with Crippen molar-refractivity contribution in [1.82, 2.24) is 25.2 Å². The van der Waals surface area contributed by atoms with E-state index in [0.717, 1.165) is 56.1 Å². The molecule has 0 radical (unpaired) electrons. The lowest BCUT2D eigenvalue weighted by Crippen LogP contribution is -2.51. The lowest BCUT2D eigenvalue weighted by Gasteiger charge is -2.37. The lowest BCUT2D eigenvalue weighted by molar-refractivity contribution is -0.141. The molecule has 0 saturated carbocycles. The second-order valence-electron chi connectivity index (χ2n) is 7.46. The number of fused-ring (bicyclic) bond motifs is 1. The molecular formula is C20H24N6O2. The fourth-order valence-electron chi connectivity index (χ4n) is 4.15. The number of aromatic nitrogens is 3. The third-order valence-corrected chi connectivity index (χ3v) is 5.68. The first-order valence-corrected chi connectivity index (χ1v) is 9.96. The van der Waals surface area contributed by atoms with Crippen molar-refractivity contribution in [2.45, 2.75) is 32.0 Å². The summed E-state index contributed by atoms with van der Waals surface area (Å²) in [6.07, 6.45) is 5.14. The zero-order valence-electron chi connectivity index (χ0n) is 15.8. The van der Waals surface area contributed by atoms with Gasteiger partial charge in [-0.15, -0.1) is 0 Å². The van der Waals surface area contributed by atoms with E-state index in [0.29, 0.717) is 25.5 Å². The number of nitrogens with zero attached hydrogens (tertiary/aromatic N) is 5. The van der Waals surface area contributed by atoms with E-state index in [2.05, 4.69) is 15.2 Å². The van der Waals surface area contributed by atoms with Crippen LogP contribution in [0.25, 0.3) is 11.4 Å². The number of anilines is 1. The quantitative estimate of drug-likeness (QED) is 0.849. The number of carbonyl (C=O) groups excluding carboxylic acids is 1. The summed E-state index contributed by atoms with van der Waals surface area (Å²) in [6.45, 7) is 5.19. The molecule has 2 aromatic heterocycles. The molecule has 2 aromatic rings. The molecule has 5 heterocycles. The molecule has 1 atom stereocenters. The summed E-state index contributed by atoms with van der Waals surface area (Å²) in [5.74, 6) is 1.84. The predicted molar refractivity (Wildman–Crippen MR) is 104 cm³/mol. The first-order valence-electron chi connectivity index (χ1n) is 9.96. The predicted octanol–water partition coefficient (Wildman–Crippen LogP) is 0.969. The van der Waals surface area contributed by atoms with Crippen molar-refractivity contribution in [3.63, 3.8) is 0 Å². The molecule has 8 nitrogen and oxygen atoms in total. The third-order valence-electron chi connectivity index (χ3n) is 5.68. The maximum absolute atomic E-state index is 12.6. The van der Waals surface area contributed by atoms with Gasteiger partial charge in [0.15, 0.2) is 5.82 Å². The van der Waals surface area contributed by atoms with Gasteiger partial charge in [-0.2, -0.15) is 0 Å². The summed E-state index contributed by atoms with van der Waals surface area (Å²) in [4.78, 5) is 30.7. The minimum atomic E-state index is -0.240. The lowest BCUT2D eigenvalue weighted by atomic mass is 10.1. The average molecular weight is 380 g/mol. The van der Waals surface area contributed by atoms with Crippen molar-refractivity contribution in [1.29, 1.82) is 0 Å². The van der Waals surface area contributed by atoms with E-state index < -0.39 is 0 Å². The molecule has 0 aliphatic carbocycles. The summed E-state index contributed by atoms with van der Waals surface area (Å²) in [7, 11) is 0. The van der Waals surface area contributed by atoms with Crippen LogP contribution in [0.3, 0.4) is 0 Å². The number of amides is 1. The first-order chi connectivity index (χ1) is 13.8. The highest BCUT2D eigenvalue weighted by molar-refractivity contribution is 5.81. The minimum absolute atomic E-state index is 0.141. The Bertz CT molecular complexity index is 860. The molecule has 2 fully saturated rings. The monoisotopic (exact) mass is 380 g/mol. The summed E-state index contributed by atoms with van der Waals surface area (Å²) < 4.78 is 5.57. The molecule has 0 aromatic carbocycles. The number of ether oxygens (including phenoxy) is 1. The fraction of sp³-hybridized carbons (Fsp3) is 0.500. The maximum atomic E-state index is 12.6. The van der Waals surface area contributed by atoms with E-state index in [4.69, 9.17) is 14.7 Å². The normalized spacial score (nSPS) is 21.8. The molecule has 1 amide bonds. The Morgan fingerprint density at radius 2 is 2.07 bits per heavy atom. The van der Waals surface area contributed by atoms with Crippen LogP contribution in [0.2, 0.25) is 0 Å². The largest absolute Gasteiger partial charge is 0.368 e. The van der Waals surface area contributed by atoms with Gasteiger partial charge in [0.05, 0.1) is 5.69 Å². The Labute approximate surface area is 163 Å². The molecule has 3 aliphatic heterocycles. The van der Waals surface area contributed by atoms with Gasteiger partial charge in [0.2, 0.25) is 0 Å². The van der Waals surface area contributed by atoms with Gasteiger partial charge in [0, 0.05) is 69.4 Å². The highest BCUT2D eigenvalue weighted by atomic mass is 16.5. The van der Waals surface area contributed by atoms with E-state index in [9.17, 15) is 4.79 Å². The topological polar surface area (TPSA) is 83.5 Å². The Morgan fingerprint density at radius 3 is 2.82 bits per heavy atom. The van der Waals surface area contributed by atoms with Crippen LogP contribution < -0.4 is 10.2 Å². The van der Waals surface area contributed by atoms with Gasteiger partial charge in [-0.3, -0.25) is 9.78 Å². The standard InChI is InChI=1S/C20H24N6O2/c27-20(17-4-2-10-28-17)26-8-6-25(7-9-26)19-15-12-22-13-16(15)23-18(24-19)14-3-1-5-21-11-14/h1,3,5,11,17,22H,2,4,6-10,12-13H2/t17-/m1/s1. The number of carbonyl (C=O) groups is 1. The summed E-state index contributed by atoms with van der Waals surface area (Å²) in [5, 5.41) is 3.38. The number of hydrogen-bond acceptors (Lipinski definition) is 7. The fourth-order valence-corrected chi connectivity index (χ4v) is 4.15. The van der Waals surface area contributed by atoms with Gasteiger partial charge in [-0.25, -0.2) is 9.97 Å². The number of rotatable bonds is 3. The highest BCUT2D eigenvalue weighted by Crippen LogP contribution is 2.29. The SMILES string of the molecule is O=C([C@H]1CCCO1)N1CCN(c2nc(-c3cccnc3)nc3c2CNC3)CC1. The summed E-state index contributed by atoms with van der Waals surface area (Å²) in [6, 6.07) is 3.89. The van der Waals surface area contributed by atoms with Crippen molar-refractivity contribution in [3.8, 4) is 11.4 Å². The number of nitrogens with one attached hydrogen (secondary N) is 1. The van der Waals surface area contributed by atoms with E-state index in [1.54, 1.807) is 12.4 Å². The molecule has 0 unspecified atom stereocenters. The number of pyridine rings is 1. The second-order valence-corrected chi connectivity index (χ2v) is 7.46. The van der Waals surface area contributed by atoms with Crippen molar-refractivity contribution >= 4 is 11.7 Å². The van der Waals surface area contributed by atoms with Crippen LogP contribution in [0.5, 0.6) is 0 Å². The van der Waals surface area contributed by atoms with Crippen LogP contribution >= 0.6 is 0 Å². The van der Waals surface area contributed by atoms with E-state index in [-0.39, 0.29) is 12.0 Å². The van der Waals surface area contributed by atoms with E-state index >= 15 is 0 Å². The molecule has 2 saturated heterocycles. The second kappa shape index (κ2) is 7.44. The Hall–Kier alpha value is -2.58. The molecule has 5 rings (SSSR count). The number of hydrogen-bond donors (Lipinski definition) is 1. The van der Waals surface area contributed by atoms with Gasteiger partial charge in [-0.05, 0) is 25.0 Å². The molecule has 28 heavy (non-hydrogen) atoms. The highest BCUT2D eigenvalue weighted by Gasteiger charge is 2.32. The van der Waals surface area contributed by atoms with Crippen LogP contribution in [0.4, 0.5) is 5.82 Å². The van der Waals surface area contributed by atoms with Crippen molar-refractivity contribution in [2.24, 2.45) is 0 Å². The van der Waals surface area contributed by atoms with E-state index in [1.807, 2.05) is 17.0 Å². The van der Waals surface area contributed by atoms with Crippen LogP contribution in [0, 0.1) is 0 Å². The Kier molecular flexibility index (Phi) is 4.66. The van der Waals surface area contributed by atoms with E-state index in [1.165, 1.54) is 5.56 Å². The van der Waals surface area contributed by atoms with Gasteiger partial charge in [-0.1, -0.05) is 0 Å².